The van der Waals surface area contributed by atoms with E-state index in [0.29, 0.717) is 11.0 Å². The normalized spacial score (nSPS) is 10.5. The van der Waals surface area contributed by atoms with Gasteiger partial charge in [-0.25, -0.2) is 9.37 Å². The average Bonchev–Trinajstić information content (AvgIpc) is 2.75. The van der Waals surface area contributed by atoms with Gasteiger partial charge in [0, 0.05) is 29.1 Å². The summed E-state index contributed by atoms with van der Waals surface area (Å²) in [6.07, 6.45) is 3.72. The fourth-order valence-corrected chi connectivity index (χ4v) is 2.09. The van der Waals surface area contributed by atoms with E-state index in [-0.39, 0.29) is 5.82 Å². The molecule has 0 bridgehead atoms. The Balaban J connectivity index is 2.07. The number of aryl methyl sites for hydroxylation is 1. The van der Waals surface area contributed by atoms with E-state index >= 15 is 0 Å². The van der Waals surface area contributed by atoms with Crippen LogP contribution in [-0.4, -0.2) is 9.55 Å². The molecule has 0 saturated carbocycles. The van der Waals surface area contributed by atoms with Crippen LogP contribution in [0.15, 0.2) is 35.1 Å². The molecular weight excluding hydrogens is 285 g/mol. The summed E-state index contributed by atoms with van der Waals surface area (Å²) in [6.45, 7) is 3.58. The number of rotatable bonds is 4. The standard InChI is InChI=1S/C12H13BrFN3/c1-2-17-6-5-15-12(17)8-16-11-4-3-9(14)7-10(11)13/h3-7,16H,2,8H2,1H3. The zero-order chi connectivity index (χ0) is 12.3. The molecule has 1 N–H and O–H groups in total. The lowest BCUT2D eigenvalue weighted by Gasteiger charge is -2.09. The molecule has 90 valence electrons. The molecule has 0 amide bonds. The predicted molar refractivity (Wildman–Crippen MR) is 69.3 cm³/mol. The SMILES string of the molecule is CCn1ccnc1CNc1ccc(F)cc1Br. The minimum Gasteiger partial charge on any atom is -0.377 e. The van der Waals surface area contributed by atoms with E-state index in [1.54, 1.807) is 12.3 Å². The number of halogens is 2. The smallest absolute Gasteiger partial charge is 0.128 e. The second-order valence-corrected chi connectivity index (χ2v) is 4.46. The van der Waals surface area contributed by atoms with Crippen LogP contribution in [0.1, 0.15) is 12.7 Å². The number of hydrogen-bond acceptors (Lipinski definition) is 2. The van der Waals surface area contributed by atoms with Crippen molar-refractivity contribution in [1.29, 1.82) is 0 Å². The molecular formula is C12H13BrFN3. The molecule has 0 spiro atoms. The fraction of sp³-hybridized carbons (Fsp3) is 0.250. The summed E-state index contributed by atoms with van der Waals surface area (Å²) in [6, 6.07) is 4.58. The zero-order valence-corrected chi connectivity index (χ0v) is 11.0. The van der Waals surface area contributed by atoms with Crippen LogP contribution in [0.5, 0.6) is 0 Å². The molecule has 1 heterocycles. The van der Waals surface area contributed by atoms with E-state index in [0.717, 1.165) is 18.1 Å². The number of benzene rings is 1. The first-order chi connectivity index (χ1) is 8.20. The van der Waals surface area contributed by atoms with Crippen molar-refractivity contribution in [3.8, 4) is 0 Å². The molecule has 0 fully saturated rings. The van der Waals surface area contributed by atoms with Crippen LogP contribution in [0.4, 0.5) is 10.1 Å². The first-order valence-corrected chi connectivity index (χ1v) is 6.19. The second kappa shape index (κ2) is 5.31. The number of hydrogen-bond donors (Lipinski definition) is 1. The Morgan fingerprint density at radius 1 is 1.47 bits per heavy atom. The van der Waals surface area contributed by atoms with Crippen LogP contribution in [0, 0.1) is 5.82 Å². The minimum atomic E-state index is -0.252. The molecule has 2 aromatic rings. The molecule has 3 nitrogen and oxygen atoms in total. The molecule has 0 aliphatic carbocycles. The van der Waals surface area contributed by atoms with Gasteiger partial charge in [0.15, 0.2) is 0 Å². The van der Waals surface area contributed by atoms with Gasteiger partial charge in [-0.05, 0) is 41.1 Å². The maximum Gasteiger partial charge on any atom is 0.128 e. The van der Waals surface area contributed by atoms with E-state index in [1.807, 2.05) is 6.20 Å². The maximum atomic E-state index is 12.9. The minimum absolute atomic E-state index is 0.252. The summed E-state index contributed by atoms with van der Waals surface area (Å²) in [5, 5.41) is 3.22. The monoisotopic (exact) mass is 297 g/mol. The summed E-state index contributed by atoms with van der Waals surface area (Å²) in [5.41, 5.74) is 0.858. The number of anilines is 1. The van der Waals surface area contributed by atoms with Gasteiger partial charge in [0.05, 0.1) is 6.54 Å². The van der Waals surface area contributed by atoms with Crippen LogP contribution in [0.3, 0.4) is 0 Å². The highest BCUT2D eigenvalue weighted by Crippen LogP contribution is 2.23. The summed E-state index contributed by atoms with van der Waals surface area (Å²) < 4.78 is 15.7. The number of aromatic nitrogens is 2. The van der Waals surface area contributed by atoms with Crippen molar-refractivity contribution in [3.05, 3.63) is 46.7 Å². The van der Waals surface area contributed by atoms with Gasteiger partial charge < -0.3 is 9.88 Å². The Morgan fingerprint density at radius 2 is 2.29 bits per heavy atom. The van der Waals surface area contributed by atoms with E-state index in [1.165, 1.54) is 12.1 Å². The third-order valence-electron chi connectivity index (χ3n) is 2.51. The molecule has 1 aromatic carbocycles. The Morgan fingerprint density at radius 3 is 3.00 bits per heavy atom. The van der Waals surface area contributed by atoms with Gasteiger partial charge in [-0.3, -0.25) is 0 Å². The molecule has 1 aromatic heterocycles. The van der Waals surface area contributed by atoms with Crippen molar-refractivity contribution in [2.45, 2.75) is 20.0 Å². The van der Waals surface area contributed by atoms with Gasteiger partial charge in [-0.1, -0.05) is 0 Å². The zero-order valence-electron chi connectivity index (χ0n) is 9.45. The molecule has 0 atom stereocenters. The largest absolute Gasteiger partial charge is 0.377 e. The molecule has 0 unspecified atom stereocenters. The molecule has 0 saturated heterocycles. The number of imidazole rings is 1. The number of nitrogens with zero attached hydrogens (tertiary/aromatic N) is 2. The Labute approximate surface area is 108 Å². The highest BCUT2D eigenvalue weighted by molar-refractivity contribution is 9.10. The summed E-state index contributed by atoms with van der Waals surface area (Å²) in [7, 11) is 0. The fourth-order valence-electron chi connectivity index (χ4n) is 1.60. The van der Waals surface area contributed by atoms with Crippen molar-refractivity contribution < 1.29 is 4.39 Å². The van der Waals surface area contributed by atoms with Crippen LogP contribution in [-0.2, 0) is 13.1 Å². The van der Waals surface area contributed by atoms with Crippen molar-refractivity contribution in [3.63, 3.8) is 0 Å². The number of nitrogens with one attached hydrogen (secondary N) is 1. The van der Waals surface area contributed by atoms with Crippen molar-refractivity contribution in [2.75, 3.05) is 5.32 Å². The van der Waals surface area contributed by atoms with E-state index in [4.69, 9.17) is 0 Å². The van der Waals surface area contributed by atoms with Gasteiger partial charge in [0.1, 0.15) is 11.6 Å². The predicted octanol–water partition coefficient (Wildman–Crippen LogP) is 3.42. The Hall–Kier alpha value is -1.36. The highest BCUT2D eigenvalue weighted by Gasteiger charge is 2.04. The molecule has 0 aliphatic rings. The van der Waals surface area contributed by atoms with E-state index in [2.05, 4.69) is 37.7 Å². The topological polar surface area (TPSA) is 29.9 Å². The summed E-state index contributed by atoms with van der Waals surface area (Å²) in [5.74, 6) is 0.709. The van der Waals surface area contributed by atoms with Gasteiger partial charge in [0.25, 0.3) is 0 Å². The molecule has 0 aliphatic heterocycles. The van der Waals surface area contributed by atoms with Crippen LogP contribution < -0.4 is 5.32 Å². The lowest BCUT2D eigenvalue weighted by Crippen LogP contribution is -2.07. The van der Waals surface area contributed by atoms with Crippen LogP contribution >= 0.6 is 15.9 Å². The maximum absolute atomic E-state index is 12.9. The van der Waals surface area contributed by atoms with E-state index < -0.39 is 0 Å². The van der Waals surface area contributed by atoms with Crippen LogP contribution in [0.25, 0.3) is 0 Å². The van der Waals surface area contributed by atoms with Gasteiger partial charge in [0.2, 0.25) is 0 Å². The summed E-state index contributed by atoms with van der Waals surface area (Å²) in [4.78, 5) is 4.26. The Kier molecular flexibility index (Phi) is 3.78. The van der Waals surface area contributed by atoms with Crippen molar-refractivity contribution in [2.24, 2.45) is 0 Å². The van der Waals surface area contributed by atoms with Crippen molar-refractivity contribution in [1.82, 2.24) is 9.55 Å². The first kappa shape index (κ1) is 12.1. The molecule has 2 rings (SSSR count). The van der Waals surface area contributed by atoms with Gasteiger partial charge in [-0.2, -0.15) is 0 Å². The van der Waals surface area contributed by atoms with E-state index in [9.17, 15) is 4.39 Å². The van der Waals surface area contributed by atoms with Gasteiger partial charge >= 0.3 is 0 Å². The molecule has 17 heavy (non-hydrogen) atoms. The first-order valence-electron chi connectivity index (χ1n) is 5.39. The molecule has 5 heteroatoms. The quantitative estimate of drug-likeness (QED) is 0.937. The lowest BCUT2D eigenvalue weighted by atomic mass is 10.3. The summed E-state index contributed by atoms with van der Waals surface area (Å²) >= 11 is 3.32. The third-order valence-corrected chi connectivity index (χ3v) is 3.17. The third kappa shape index (κ3) is 2.85. The van der Waals surface area contributed by atoms with Crippen LogP contribution in [0.2, 0.25) is 0 Å². The van der Waals surface area contributed by atoms with Gasteiger partial charge in [-0.15, -0.1) is 0 Å². The lowest BCUT2D eigenvalue weighted by molar-refractivity contribution is 0.627. The highest BCUT2D eigenvalue weighted by atomic mass is 79.9. The molecule has 0 radical (unpaired) electrons. The Bertz CT molecular complexity index is 510. The second-order valence-electron chi connectivity index (χ2n) is 3.61. The van der Waals surface area contributed by atoms with Crippen molar-refractivity contribution >= 4 is 21.6 Å². The average molecular weight is 298 g/mol.